The summed E-state index contributed by atoms with van der Waals surface area (Å²) in [5.41, 5.74) is 1.17. The number of nitrogens with zero attached hydrogens (tertiary/aromatic N) is 1. The molecule has 6 heteroatoms. The number of H-pyrrole nitrogens is 1. The topological polar surface area (TPSA) is 73.4 Å². The van der Waals surface area contributed by atoms with Gasteiger partial charge in [0.2, 0.25) is 0 Å². The van der Waals surface area contributed by atoms with Crippen molar-refractivity contribution in [2.24, 2.45) is 0 Å². The van der Waals surface area contributed by atoms with Crippen LogP contribution in [0.2, 0.25) is 0 Å². The summed E-state index contributed by atoms with van der Waals surface area (Å²) in [6.07, 6.45) is 0. The molecule has 0 atom stereocenters. The van der Waals surface area contributed by atoms with Gasteiger partial charge in [-0.1, -0.05) is 0 Å². The van der Waals surface area contributed by atoms with E-state index in [0.29, 0.717) is 36.2 Å². The number of aromatic amines is 1. The van der Waals surface area contributed by atoms with Crippen LogP contribution in [0.15, 0.2) is 29.1 Å². The number of hydrogen-bond acceptors (Lipinski definition) is 5. The van der Waals surface area contributed by atoms with E-state index >= 15 is 0 Å². The van der Waals surface area contributed by atoms with E-state index in [4.69, 9.17) is 14.2 Å². The van der Waals surface area contributed by atoms with Crippen LogP contribution in [0.4, 0.5) is 0 Å². The van der Waals surface area contributed by atoms with Gasteiger partial charge in [0.25, 0.3) is 5.56 Å². The molecule has 1 aliphatic rings. The lowest BCUT2D eigenvalue weighted by Gasteiger charge is -2.18. The average Bonchev–Trinajstić information content (AvgIpc) is 2.46. The minimum Gasteiger partial charge on any atom is -0.486 e. The minimum atomic E-state index is -0.211. The summed E-state index contributed by atoms with van der Waals surface area (Å²) in [6.45, 7) is 1.33. The number of fused-ring (bicyclic) bond motifs is 1. The van der Waals surface area contributed by atoms with Gasteiger partial charge in [0.05, 0.1) is 5.69 Å². The van der Waals surface area contributed by atoms with E-state index in [9.17, 15) is 4.79 Å². The summed E-state index contributed by atoms with van der Waals surface area (Å²) in [6, 6.07) is 6.95. The zero-order valence-electron chi connectivity index (χ0n) is 11.0. The second-order valence-corrected chi connectivity index (χ2v) is 4.37. The molecule has 1 aromatic heterocycles. The van der Waals surface area contributed by atoms with Crippen molar-refractivity contribution >= 4 is 0 Å². The van der Waals surface area contributed by atoms with Crippen molar-refractivity contribution in [3.63, 3.8) is 0 Å². The van der Waals surface area contributed by atoms with Gasteiger partial charge in [-0.25, -0.2) is 4.98 Å². The van der Waals surface area contributed by atoms with E-state index in [1.165, 1.54) is 6.07 Å². The molecule has 3 rings (SSSR count). The Balaban J connectivity index is 2.02. The Bertz CT molecular complexity index is 681. The molecule has 0 saturated carbocycles. The zero-order valence-corrected chi connectivity index (χ0v) is 11.0. The van der Waals surface area contributed by atoms with Crippen LogP contribution in [0.25, 0.3) is 11.3 Å². The van der Waals surface area contributed by atoms with Gasteiger partial charge in [-0.15, -0.1) is 0 Å². The van der Waals surface area contributed by atoms with Crippen LogP contribution in [0, 0.1) is 0 Å². The fraction of sp³-hybridized carbons (Fsp3) is 0.286. The quantitative estimate of drug-likeness (QED) is 0.914. The van der Waals surface area contributed by atoms with Crippen molar-refractivity contribution in [2.45, 2.75) is 6.61 Å². The van der Waals surface area contributed by atoms with E-state index < -0.39 is 0 Å². The second-order valence-electron chi connectivity index (χ2n) is 4.37. The first-order valence-electron chi connectivity index (χ1n) is 6.25. The van der Waals surface area contributed by atoms with Crippen molar-refractivity contribution in [3.8, 4) is 22.8 Å². The minimum absolute atomic E-state index is 0.211. The molecular weight excluding hydrogens is 260 g/mol. The zero-order chi connectivity index (χ0) is 13.9. The second kappa shape index (κ2) is 5.34. The third-order valence-electron chi connectivity index (χ3n) is 2.91. The first-order chi connectivity index (χ1) is 9.76. The summed E-state index contributed by atoms with van der Waals surface area (Å²) >= 11 is 0. The lowest BCUT2D eigenvalue weighted by molar-refractivity contribution is 0.171. The molecule has 0 radical (unpaired) electrons. The summed E-state index contributed by atoms with van der Waals surface area (Å²) in [7, 11) is 1.55. The van der Waals surface area contributed by atoms with Gasteiger partial charge in [0.15, 0.2) is 11.5 Å². The predicted molar refractivity (Wildman–Crippen MR) is 72.0 cm³/mol. The third kappa shape index (κ3) is 2.50. The Labute approximate surface area is 115 Å². The van der Waals surface area contributed by atoms with Gasteiger partial charge in [-0.3, -0.25) is 4.79 Å². The number of methoxy groups -OCH3 is 1. The van der Waals surface area contributed by atoms with Crippen molar-refractivity contribution in [1.29, 1.82) is 0 Å². The number of rotatable bonds is 3. The number of nitrogens with one attached hydrogen (secondary N) is 1. The molecule has 104 valence electrons. The molecule has 1 N–H and O–H groups in total. The molecule has 20 heavy (non-hydrogen) atoms. The molecular formula is C14H14N2O4. The summed E-state index contributed by atoms with van der Waals surface area (Å²) in [4.78, 5) is 18.6. The van der Waals surface area contributed by atoms with Gasteiger partial charge in [-0.05, 0) is 18.2 Å². The standard InChI is InChI=1S/C14H14N2O4/c1-18-8-13-15-10(7-14(17)16-13)9-2-3-11-12(6-9)20-5-4-19-11/h2-3,6-7H,4-5,8H2,1H3,(H,15,16,17). The summed E-state index contributed by atoms with van der Waals surface area (Å²) in [5.74, 6) is 1.87. The van der Waals surface area contributed by atoms with Gasteiger partial charge in [0.1, 0.15) is 25.6 Å². The maximum absolute atomic E-state index is 11.6. The molecule has 0 amide bonds. The van der Waals surface area contributed by atoms with E-state index in [-0.39, 0.29) is 12.2 Å². The van der Waals surface area contributed by atoms with Crippen molar-refractivity contribution in [1.82, 2.24) is 9.97 Å². The Kier molecular flexibility index (Phi) is 3.39. The molecule has 1 aromatic carbocycles. The van der Waals surface area contributed by atoms with Crippen LogP contribution in [0.1, 0.15) is 5.82 Å². The molecule has 0 unspecified atom stereocenters. The molecule has 6 nitrogen and oxygen atoms in total. The smallest absolute Gasteiger partial charge is 0.251 e. The van der Waals surface area contributed by atoms with E-state index in [1.54, 1.807) is 7.11 Å². The van der Waals surface area contributed by atoms with Crippen LogP contribution in [-0.2, 0) is 11.3 Å². The monoisotopic (exact) mass is 274 g/mol. The van der Waals surface area contributed by atoms with Crippen LogP contribution in [-0.4, -0.2) is 30.3 Å². The number of aromatic nitrogens is 2. The Morgan fingerprint density at radius 2 is 2.05 bits per heavy atom. The largest absolute Gasteiger partial charge is 0.486 e. The molecule has 0 bridgehead atoms. The fourth-order valence-electron chi connectivity index (χ4n) is 2.06. The van der Waals surface area contributed by atoms with Gasteiger partial charge in [0, 0.05) is 18.7 Å². The van der Waals surface area contributed by atoms with Crippen LogP contribution in [0.5, 0.6) is 11.5 Å². The Hall–Kier alpha value is -2.34. The maximum atomic E-state index is 11.6. The molecule has 2 heterocycles. The van der Waals surface area contributed by atoms with Crippen molar-refractivity contribution < 1.29 is 14.2 Å². The Morgan fingerprint density at radius 3 is 2.85 bits per heavy atom. The SMILES string of the molecule is COCc1nc(-c2ccc3c(c2)OCCO3)cc(=O)[nH]1. The first-order valence-corrected chi connectivity index (χ1v) is 6.25. The normalized spacial score (nSPS) is 13.2. The average molecular weight is 274 g/mol. The lowest BCUT2D eigenvalue weighted by Crippen LogP contribution is -2.15. The predicted octanol–water partition coefficient (Wildman–Crippen LogP) is 1.35. The van der Waals surface area contributed by atoms with Crippen molar-refractivity contribution in [3.05, 3.63) is 40.4 Å². The number of ether oxygens (including phenoxy) is 3. The summed E-state index contributed by atoms with van der Waals surface area (Å²) < 4.78 is 16.0. The van der Waals surface area contributed by atoms with E-state index in [2.05, 4.69) is 9.97 Å². The number of benzene rings is 1. The van der Waals surface area contributed by atoms with Gasteiger partial charge in [-0.2, -0.15) is 0 Å². The molecule has 0 aliphatic carbocycles. The highest BCUT2D eigenvalue weighted by Crippen LogP contribution is 2.33. The molecule has 1 aliphatic heterocycles. The van der Waals surface area contributed by atoms with Crippen LogP contribution in [0.3, 0.4) is 0 Å². The lowest BCUT2D eigenvalue weighted by atomic mass is 10.1. The van der Waals surface area contributed by atoms with Crippen molar-refractivity contribution in [2.75, 3.05) is 20.3 Å². The molecule has 2 aromatic rings. The van der Waals surface area contributed by atoms with Crippen LogP contribution < -0.4 is 15.0 Å². The molecule has 0 saturated heterocycles. The summed E-state index contributed by atoms with van der Waals surface area (Å²) in [5, 5.41) is 0. The highest BCUT2D eigenvalue weighted by Gasteiger charge is 2.13. The maximum Gasteiger partial charge on any atom is 0.251 e. The highest BCUT2D eigenvalue weighted by molar-refractivity contribution is 5.63. The van der Waals surface area contributed by atoms with Gasteiger partial charge >= 0.3 is 0 Å². The molecule has 0 fully saturated rings. The first kappa shape index (κ1) is 12.7. The third-order valence-corrected chi connectivity index (χ3v) is 2.91. The Morgan fingerprint density at radius 1 is 1.25 bits per heavy atom. The van der Waals surface area contributed by atoms with Crippen LogP contribution >= 0.6 is 0 Å². The highest BCUT2D eigenvalue weighted by atomic mass is 16.6. The van der Waals surface area contributed by atoms with E-state index in [1.807, 2.05) is 18.2 Å². The van der Waals surface area contributed by atoms with E-state index in [0.717, 1.165) is 5.56 Å². The van der Waals surface area contributed by atoms with Gasteiger partial charge < -0.3 is 19.2 Å². The fourth-order valence-corrected chi connectivity index (χ4v) is 2.06. The molecule has 0 spiro atoms. The number of hydrogen-bond donors (Lipinski definition) is 1.